The molecule has 0 saturated heterocycles. The molecule has 0 saturated carbocycles. The predicted molar refractivity (Wildman–Crippen MR) is 118 cm³/mol. The van der Waals surface area contributed by atoms with Crippen molar-refractivity contribution >= 4 is 28.1 Å². The van der Waals surface area contributed by atoms with Gasteiger partial charge in [-0.1, -0.05) is 6.07 Å². The summed E-state index contributed by atoms with van der Waals surface area (Å²) in [5.41, 5.74) is 5.77. The van der Waals surface area contributed by atoms with Crippen molar-refractivity contribution < 1.29 is 23.7 Å². The zero-order chi connectivity index (χ0) is 21.5. The number of hydrogen-bond acceptors (Lipinski definition) is 6. The van der Waals surface area contributed by atoms with E-state index in [9.17, 15) is 4.79 Å². The minimum atomic E-state index is -0.358. The van der Waals surface area contributed by atoms with E-state index in [0.717, 1.165) is 17.3 Å². The van der Waals surface area contributed by atoms with Crippen LogP contribution in [0.15, 0.2) is 33.8 Å². The molecule has 2 aromatic rings. The van der Waals surface area contributed by atoms with E-state index in [-0.39, 0.29) is 12.5 Å². The van der Waals surface area contributed by atoms with E-state index in [2.05, 4.69) is 32.5 Å². The summed E-state index contributed by atoms with van der Waals surface area (Å²) < 4.78 is 22.5. The van der Waals surface area contributed by atoms with Gasteiger partial charge in [0.25, 0.3) is 5.91 Å². The molecule has 0 fully saturated rings. The average Bonchev–Trinajstić information content (AvgIpc) is 2.78. The summed E-state index contributed by atoms with van der Waals surface area (Å²) in [6.45, 7) is -0.135. The third-order valence-electron chi connectivity index (χ3n) is 4.88. The Morgan fingerprint density at radius 2 is 1.77 bits per heavy atom. The van der Waals surface area contributed by atoms with Crippen LogP contribution in [-0.2, 0) is 17.6 Å². The van der Waals surface area contributed by atoms with Crippen LogP contribution in [0.3, 0.4) is 0 Å². The third kappa shape index (κ3) is 5.05. The second-order valence-electron chi connectivity index (χ2n) is 6.76. The number of nitrogens with zero attached hydrogens (tertiary/aromatic N) is 1. The molecular weight excluding hydrogens is 452 g/mol. The molecule has 1 aliphatic carbocycles. The molecular formula is C22H25BrN2O5. The lowest BCUT2D eigenvalue weighted by molar-refractivity contribution is -0.123. The number of methoxy groups -OCH3 is 3. The van der Waals surface area contributed by atoms with Gasteiger partial charge in [0.1, 0.15) is 5.75 Å². The molecule has 0 atom stereocenters. The fraction of sp³-hybridized carbons (Fsp3) is 0.364. The van der Waals surface area contributed by atoms with Crippen LogP contribution in [0.5, 0.6) is 23.0 Å². The molecule has 0 unspecified atom stereocenters. The Labute approximate surface area is 184 Å². The van der Waals surface area contributed by atoms with Gasteiger partial charge in [-0.25, -0.2) is 5.43 Å². The van der Waals surface area contributed by atoms with Gasteiger partial charge in [0.05, 0.1) is 32.0 Å². The van der Waals surface area contributed by atoms with Crippen LogP contribution in [0.2, 0.25) is 0 Å². The maximum atomic E-state index is 12.1. The largest absolute Gasteiger partial charge is 0.493 e. The standard InChI is InChI=1S/C22H25BrN2O5/c1-27-18-10-14(11-19(28-2)22(18)29-3)12-24-25-20(26)13-30-17-9-8-15-6-4-5-7-16(15)21(17)23/h8-12H,4-7,13H2,1-3H3,(H,25,26)/b24-12+. The zero-order valence-corrected chi connectivity index (χ0v) is 18.9. The van der Waals surface area contributed by atoms with Gasteiger partial charge in [0.15, 0.2) is 18.1 Å². The van der Waals surface area contributed by atoms with Gasteiger partial charge in [-0.3, -0.25) is 4.79 Å². The van der Waals surface area contributed by atoms with Gasteiger partial charge < -0.3 is 18.9 Å². The number of benzene rings is 2. The Hall–Kier alpha value is -2.74. The van der Waals surface area contributed by atoms with E-state index in [1.807, 2.05) is 6.07 Å². The molecule has 0 aromatic heterocycles. The van der Waals surface area contributed by atoms with Crippen LogP contribution in [-0.4, -0.2) is 40.1 Å². The van der Waals surface area contributed by atoms with Crippen molar-refractivity contribution in [1.82, 2.24) is 5.43 Å². The Kier molecular flexibility index (Phi) is 7.57. The van der Waals surface area contributed by atoms with E-state index in [0.29, 0.717) is 28.6 Å². The minimum Gasteiger partial charge on any atom is -0.493 e. The van der Waals surface area contributed by atoms with Crippen LogP contribution in [0.1, 0.15) is 29.5 Å². The quantitative estimate of drug-likeness (QED) is 0.461. The maximum absolute atomic E-state index is 12.1. The second kappa shape index (κ2) is 10.3. The summed E-state index contributed by atoms with van der Waals surface area (Å²) in [6.07, 6.45) is 6.00. The maximum Gasteiger partial charge on any atom is 0.277 e. The molecule has 0 aliphatic heterocycles. The predicted octanol–water partition coefficient (Wildman–Crippen LogP) is 3.88. The number of carbonyl (C=O) groups excluding carboxylic acids is 1. The van der Waals surface area contributed by atoms with E-state index in [1.165, 1.54) is 51.5 Å². The molecule has 7 nitrogen and oxygen atoms in total. The highest BCUT2D eigenvalue weighted by atomic mass is 79.9. The SMILES string of the molecule is COc1cc(/C=N/NC(=O)COc2ccc3c(c2Br)CCCC3)cc(OC)c1OC. The second-order valence-corrected chi connectivity index (χ2v) is 7.56. The highest BCUT2D eigenvalue weighted by Gasteiger charge is 2.16. The first-order valence-corrected chi connectivity index (χ1v) is 10.4. The smallest absolute Gasteiger partial charge is 0.277 e. The summed E-state index contributed by atoms with van der Waals surface area (Å²) in [7, 11) is 4.61. The van der Waals surface area contributed by atoms with Crippen LogP contribution >= 0.6 is 15.9 Å². The Morgan fingerprint density at radius 3 is 2.43 bits per heavy atom. The molecule has 0 heterocycles. The van der Waals surface area contributed by atoms with Crippen LogP contribution < -0.4 is 24.4 Å². The highest BCUT2D eigenvalue weighted by Crippen LogP contribution is 2.38. The van der Waals surface area contributed by atoms with Crippen molar-refractivity contribution in [2.24, 2.45) is 5.10 Å². The van der Waals surface area contributed by atoms with Gasteiger partial charge in [-0.15, -0.1) is 0 Å². The zero-order valence-electron chi connectivity index (χ0n) is 17.3. The first-order valence-electron chi connectivity index (χ1n) is 9.62. The van der Waals surface area contributed by atoms with Crippen molar-refractivity contribution in [1.29, 1.82) is 0 Å². The summed E-state index contributed by atoms with van der Waals surface area (Å²) in [5.74, 6) is 1.81. The Morgan fingerprint density at radius 1 is 1.07 bits per heavy atom. The van der Waals surface area contributed by atoms with Gasteiger partial charge in [0.2, 0.25) is 5.75 Å². The molecule has 0 radical (unpaired) electrons. The van der Waals surface area contributed by atoms with Crippen molar-refractivity contribution in [3.63, 3.8) is 0 Å². The molecule has 30 heavy (non-hydrogen) atoms. The van der Waals surface area contributed by atoms with Crippen LogP contribution in [0.25, 0.3) is 0 Å². The number of nitrogens with one attached hydrogen (secondary N) is 1. The van der Waals surface area contributed by atoms with E-state index >= 15 is 0 Å². The molecule has 1 N–H and O–H groups in total. The summed E-state index contributed by atoms with van der Waals surface area (Å²) in [4.78, 5) is 12.1. The molecule has 3 rings (SSSR count). The number of hydrogen-bond donors (Lipinski definition) is 1. The van der Waals surface area contributed by atoms with Gasteiger partial charge in [-0.05, 0) is 70.9 Å². The first-order chi connectivity index (χ1) is 14.6. The van der Waals surface area contributed by atoms with Crippen LogP contribution in [0.4, 0.5) is 0 Å². The molecule has 160 valence electrons. The monoisotopic (exact) mass is 476 g/mol. The third-order valence-corrected chi connectivity index (χ3v) is 5.75. The van der Waals surface area contributed by atoms with Crippen molar-refractivity contribution in [3.8, 4) is 23.0 Å². The fourth-order valence-corrected chi connectivity index (χ4v) is 4.10. The van der Waals surface area contributed by atoms with Crippen molar-refractivity contribution in [2.75, 3.05) is 27.9 Å². The first kappa shape index (κ1) is 22.0. The minimum absolute atomic E-state index is 0.135. The normalized spacial score (nSPS) is 12.9. The fourth-order valence-electron chi connectivity index (χ4n) is 3.40. The Bertz CT molecular complexity index is 920. The van der Waals surface area contributed by atoms with Gasteiger partial charge in [-0.2, -0.15) is 5.10 Å². The molecule has 2 aromatic carbocycles. The van der Waals surface area contributed by atoms with Gasteiger partial charge in [0, 0.05) is 5.56 Å². The number of halogens is 1. The summed E-state index contributed by atoms with van der Waals surface area (Å²) >= 11 is 3.62. The number of aryl methyl sites for hydroxylation is 1. The summed E-state index contributed by atoms with van der Waals surface area (Å²) in [6, 6.07) is 7.45. The molecule has 0 bridgehead atoms. The lowest BCUT2D eigenvalue weighted by atomic mass is 9.92. The highest BCUT2D eigenvalue weighted by molar-refractivity contribution is 9.10. The number of rotatable bonds is 8. The molecule has 0 spiro atoms. The van der Waals surface area contributed by atoms with E-state index in [4.69, 9.17) is 18.9 Å². The van der Waals surface area contributed by atoms with Crippen LogP contribution in [0, 0.1) is 0 Å². The molecule has 1 aliphatic rings. The number of carbonyl (C=O) groups is 1. The molecule has 1 amide bonds. The number of ether oxygens (including phenoxy) is 4. The van der Waals surface area contributed by atoms with E-state index in [1.54, 1.807) is 12.1 Å². The lowest BCUT2D eigenvalue weighted by Crippen LogP contribution is -2.24. The van der Waals surface area contributed by atoms with Crippen molar-refractivity contribution in [3.05, 3.63) is 45.4 Å². The number of hydrazone groups is 1. The van der Waals surface area contributed by atoms with E-state index < -0.39 is 0 Å². The molecule has 8 heteroatoms. The average molecular weight is 477 g/mol. The van der Waals surface area contributed by atoms with Crippen molar-refractivity contribution in [2.45, 2.75) is 25.7 Å². The Balaban J connectivity index is 1.59. The number of amides is 1. The van der Waals surface area contributed by atoms with Gasteiger partial charge >= 0.3 is 0 Å². The lowest BCUT2D eigenvalue weighted by Gasteiger charge is -2.19. The summed E-state index contributed by atoms with van der Waals surface area (Å²) in [5, 5.41) is 3.98. The topological polar surface area (TPSA) is 78.4 Å². The number of fused-ring (bicyclic) bond motifs is 1.